The number of amides is 1. The molecule has 0 bridgehead atoms. The van der Waals surface area contributed by atoms with Gasteiger partial charge in [0.2, 0.25) is 5.91 Å². The summed E-state index contributed by atoms with van der Waals surface area (Å²) in [5.74, 6) is -2.78. The first-order chi connectivity index (χ1) is 13.1. The fourth-order valence-corrected chi connectivity index (χ4v) is 3.37. The van der Waals surface area contributed by atoms with E-state index in [2.05, 4.69) is 5.32 Å². The van der Waals surface area contributed by atoms with Gasteiger partial charge in [0, 0.05) is 20.0 Å². The van der Waals surface area contributed by atoms with Crippen molar-refractivity contribution in [2.75, 3.05) is 13.7 Å². The van der Waals surface area contributed by atoms with E-state index in [4.69, 9.17) is 18.9 Å². The van der Waals surface area contributed by atoms with E-state index in [1.807, 2.05) is 0 Å². The van der Waals surface area contributed by atoms with Crippen molar-refractivity contribution in [3.8, 4) is 0 Å². The van der Waals surface area contributed by atoms with E-state index in [0.717, 1.165) is 0 Å². The summed E-state index contributed by atoms with van der Waals surface area (Å²) in [5.41, 5.74) is 0. The average molecular weight is 409 g/mol. The van der Waals surface area contributed by atoms with Crippen LogP contribution in [0.2, 0.25) is 0 Å². The Morgan fingerprint density at radius 2 is 1.71 bits per heavy atom. The van der Waals surface area contributed by atoms with Gasteiger partial charge >= 0.3 is 5.97 Å². The Morgan fingerprint density at radius 1 is 1.07 bits per heavy atom. The Morgan fingerprint density at radius 3 is 2.21 bits per heavy atom. The lowest BCUT2D eigenvalue weighted by Crippen LogP contribution is -2.67. The van der Waals surface area contributed by atoms with Crippen molar-refractivity contribution >= 4 is 11.9 Å². The fourth-order valence-electron chi connectivity index (χ4n) is 3.37. The van der Waals surface area contributed by atoms with Crippen LogP contribution >= 0.6 is 0 Å². The number of carboxylic acids is 1. The summed E-state index contributed by atoms with van der Waals surface area (Å²) in [7, 11) is 1.28. The predicted octanol–water partition coefficient (Wildman–Crippen LogP) is -3.23. The normalized spacial score (nSPS) is 44.1. The Labute approximate surface area is 160 Å². The molecule has 0 saturated carbocycles. The van der Waals surface area contributed by atoms with Gasteiger partial charge in [0.05, 0.1) is 12.7 Å². The number of aliphatic hydroxyl groups excluding tert-OH is 4. The molecule has 0 aromatic rings. The Hall–Kier alpha value is -1.38. The van der Waals surface area contributed by atoms with Crippen molar-refractivity contribution in [3.05, 3.63) is 0 Å². The third-order valence-electron chi connectivity index (χ3n) is 4.92. The molecule has 162 valence electrons. The van der Waals surface area contributed by atoms with E-state index in [1.54, 1.807) is 0 Å². The lowest BCUT2D eigenvalue weighted by atomic mass is 9.90. The molecule has 0 aromatic heterocycles. The van der Waals surface area contributed by atoms with Crippen molar-refractivity contribution in [3.63, 3.8) is 0 Å². The van der Waals surface area contributed by atoms with Crippen LogP contribution in [0.25, 0.3) is 0 Å². The molecule has 2 rings (SSSR count). The van der Waals surface area contributed by atoms with E-state index in [9.17, 15) is 35.1 Å². The molecule has 10 unspecified atom stereocenters. The van der Waals surface area contributed by atoms with Crippen LogP contribution in [-0.2, 0) is 28.5 Å². The molecule has 2 fully saturated rings. The van der Waals surface area contributed by atoms with Crippen molar-refractivity contribution in [2.45, 2.75) is 69.1 Å². The quantitative estimate of drug-likeness (QED) is 0.259. The number of methoxy groups -OCH3 is 1. The highest BCUT2D eigenvalue weighted by atomic mass is 16.7. The van der Waals surface area contributed by atoms with Gasteiger partial charge in [-0.1, -0.05) is 6.92 Å². The molecule has 28 heavy (non-hydrogen) atoms. The first kappa shape index (κ1) is 22.9. The summed E-state index contributed by atoms with van der Waals surface area (Å²) in [6.45, 7) is 2.01. The minimum absolute atomic E-state index is 0.499. The minimum Gasteiger partial charge on any atom is -0.479 e. The largest absolute Gasteiger partial charge is 0.479 e. The summed E-state index contributed by atoms with van der Waals surface area (Å²) in [6, 6.07) is -1.07. The number of nitrogens with one attached hydrogen (secondary N) is 1. The van der Waals surface area contributed by atoms with E-state index in [0.29, 0.717) is 0 Å². The van der Waals surface area contributed by atoms with Gasteiger partial charge in [-0.25, -0.2) is 4.79 Å². The van der Waals surface area contributed by atoms with E-state index in [-0.39, 0.29) is 0 Å². The first-order valence-electron chi connectivity index (χ1n) is 8.76. The van der Waals surface area contributed by atoms with E-state index in [1.165, 1.54) is 21.0 Å². The van der Waals surface area contributed by atoms with Crippen molar-refractivity contribution < 1.29 is 54.1 Å². The molecule has 2 saturated heterocycles. The van der Waals surface area contributed by atoms with Crippen LogP contribution in [-0.4, -0.2) is 106 Å². The van der Waals surface area contributed by atoms with Crippen LogP contribution in [0.15, 0.2) is 0 Å². The summed E-state index contributed by atoms with van der Waals surface area (Å²) >= 11 is 0. The molecule has 2 aliphatic heterocycles. The van der Waals surface area contributed by atoms with Gasteiger partial charge < -0.3 is 49.8 Å². The van der Waals surface area contributed by atoms with Gasteiger partial charge in [-0.15, -0.1) is 0 Å². The second-order valence-corrected chi connectivity index (χ2v) is 6.88. The lowest BCUT2D eigenvalue weighted by Gasteiger charge is -2.47. The third kappa shape index (κ3) is 4.60. The molecule has 2 aliphatic rings. The number of aliphatic carboxylic acids is 1. The van der Waals surface area contributed by atoms with E-state index >= 15 is 0 Å². The highest BCUT2D eigenvalue weighted by Crippen LogP contribution is 2.31. The van der Waals surface area contributed by atoms with Gasteiger partial charge in [0.25, 0.3) is 0 Å². The highest BCUT2D eigenvalue weighted by Gasteiger charge is 2.51. The molecule has 12 heteroatoms. The van der Waals surface area contributed by atoms with Gasteiger partial charge in [0.15, 0.2) is 18.7 Å². The molecule has 0 aromatic carbocycles. The second kappa shape index (κ2) is 9.41. The van der Waals surface area contributed by atoms with Crippen LogP contribution in [0.1, 0.15) is 13.8 Å². The smallest absolute Gasteiger partial charge is 0.333 e. The maximum atomic E-state index is 11.6. The highest BCUT2D eigenvalue weighted by molar-refractivity contribution is 5.73. The average Bonchev–Trinajstić information content (AvgIpc) is 2.64. The molecular weight excluding hydrogens is 382 g/mol. The second-order valence-electron chi connectivity index (χ2n) is 6.88. The van der Waals surface area contributed by atoms with Gasteiger partial charge in [-0.2, -0.15) is 0 Å². The Balaban J connectivity index is 2.29. The minimum atomic E-state index is -1.63. The maximum Gasteiger partial charge on any atom is 0.333 e. The molecule has 0 aliphatic carbocycles. The van der Waals surface area contributed by atoms with Crippen molar-refractivity contribution in [1.82, 2.24) is 5.32 Å². The Bertz CT molecular complexity index is 561. The molecule has 2 heterocycles. The summed E-state index contributed by atoms with van der Waals surface area (Å²) in [5, 5.41) is 52.1. The Kier molecular flexibility index (Phi) is 7.70. The van der Waals surface area contributed by atoms with Crippen molar-refractivity contribution in [1.29, 1.82) is 0 Å². The van der Waals surface area contributed by atoms with E-state index < -0.39 is 79.6 Å². The topological polar surface area (TPSA) is 184 Å². The predicted molar refractivity (Wildman–Crippen MR) is 88.7 cm³/mol. The summed E-state index contributed by atoms with van der Waals surface area (Å²) in [6.07, 6.45) is -11.2. The molecule has 6 N–H and O–H groups in total. The zero-order valence-corrected chi connectivity index (χ0v) is 15.7. The third-order valence-corrected chi connectivity index (χ3v) is 4.92. The van der Waals surface area contributed by atoms with Gasteiger partial charge in [0.1, 0.15) is 30.5 Å². The molecule has 0 spiro atoms. The molecule has 10 atom stereocenters. The zero-order chi connectivity index (χ0) is 21.2. The van der Waals surface area contributed by atoms with Crippen LogP contribution in [0, 0.1) is 5.92 Å². The first-order valence-corrected chi connectivity index (χ1v) is 8.76. The van der Waals surface area contributed by atoms with Crippen LogP contribution in [0.5, 0.6) is 0 Å². The van der Waals surface area contributed by atoms with Crippen LogP contribution < -0.4 is 5.32 Å². The molecule has 12 nitrogen and oxygen atoms in total. The van der Waals surface area contributed by atoms with Crippen molar-refractivity contribution in [2.24, 2.45) is 5.92 Å². The maximum absolute atomic E-state index is 11.6. The number of hydrogen-bond donors (Lipinski definition) is 6. The number of rotatable bonds is 6. The van der Waals surface area contributed by atoms with Crippen LogP contribution in [0.3, 0.4) is 0 Å². The monoisotopic (exact) mass is 409 g/mol. The van der Waals surface area contributed by atoms with Gasteiger partial charge in [-0.05, 0) is 0 Å². The molecule has 0 radical (unpaired) electrons. The SMILES string of the molecule is COC1OC(CO)C(O)C(OC2OC(C(=O)O)C(C)C(O)C2O)C1NC(C)=O. The van der Waals surface area contributed by atoms with Gasteiger partial charge in [-0.3, -0.25) is 4.79 Å². The number of carbonyl (C=O) groups is 2. The number of hydrogen-bond acceptors (Lipinski definition) is 10. The molecule has 1 amide bonds. The summed E-state index contributed by atoms with van der Waals surface area (Å²) in [4.78, 5) is 22.9. The fraction of sp³-hybridized carbons (Fsp3) is 0.875. The standard InChI is InChI=1S/C16H27NO11/c1-5-9(20)11(22)16(27-12(5)14(23)24)28-13-8(17-6(2)19)15(25-3)26-7(4-18)10(13)21/h5,7-13,15-16,18,20-22H,4H2,1-3H3,(H,17,19)(H,23,24). The number of carbonyl (C=O) groups excluding carboxylic acids is 1. The zero-order valence-electron chi connectivity index (χ0n) is 15.7. The summed E-state index contributed by atoms with van der Waals surface area (Å²) < 4.78 is 21.4. The molecular formula is C16H27NO11. The lowest BCUT2D eigenvalue weighted by molar-refractivity contribution is -0.333. The number of ether oxygens (including phenoxy) is 4. The number of carboxylic acid groups (broad SMARTS) is 1. The van der Waals surface area contributed by atoms with Crippen LogP contribution in [0.4, 0.5) is 0 Å². The number of aliphatic hydroxyl groups is 4.